The third-order valence-electron chi connectivity index (χ3n) is 2.03. The molecule has 1 atom stereocenters. The third kappa shape index (κ3) is 3.86. The Morgan fingerprint density at radius 2 is 2.12 bits per heavy atom. The van der Waals surface area contributed by atoms with Crippen LogP contribution in [0.2, 0.25) is 0 Å². The van der Waals surface area contributed by atoms with Gasteiger partial charge in [-0.2, -0.15) is 0 Å². The fourth-order valence-electron chi connectivity index (χ4n) is 1.19. The van der Waals surface area contributed by atoms with Crippen LogP contribution in [0.15, 0.2) is 24.3 Å². The molecule has 0 aliphatic rings. The summed E-state index contributed by atoms with van der Waals surface area (Å²) in [7, 11) is 0. The minimum absolute atomic E-state index is 0.0397. The van der Waals surface area contributed by atoms with E-state index in [0.717, 1.165) is 5.56 Å². The van der Waals surface area contributed by atoms with Crippen molar-refractivity contribution in [3.8, 4) is 0 Å². The standard InChI is InChI=1S/C11H14FNO3/c1-8(13-11(15)16-7-6-14)9-2-4-10(12)5-3-9/h2-5,8,14H,6-7H2,1H3,(H,13,15)/t8-/m0/s1. The quantitative estimate of drug-likeness (QED) is 0.821. The molecule has 4 nitrogen and oxygen atoms in total. The van der Waals surface area contributed by atoms with Gasteiger partial charge < -0.3 is 15.2 Å². The number of halogens is 1. The maximum absolute atomic E-state index is 12.6. The molecule has 1 rings (SSSR count). The fourth-order valence-corrected chi connectivity index (χ4v) is 1.19. The van der Waals surface area contributed by atoms with Crippen molar-refractivity contribution in [3.05, 3.63) is 35.6 Å². The molecular formula is C11H14FNO3. The number of amides is 1. The van der Waals surface area contributed by atoms with Crippen LogP contribution in [0.1, 0.15) is 18.5 Å². The van der Waals surface area contributed by atoms with E-state index in [0.29, 0.717) is 0 Å². The van der Waals surface area contributed by atoms with E-state index in [4.69, 9.17) is 5.11 Å². The number of carbonyl (C=O) groups is 1. The highest BCUT2D eigenvalue weighted by Crippen LogP contribution is 2.12. The Kier molecular flexibility index (Phi) is 4.72. The molecule has 1 aromatic rings. The van der Waals surface area contributed by atoms with Gasteiger partial charge in [0.25, 0.3) is 0 Å². The number of aliphatic hydroxyl groups is 1. The van der Waals surface area contributed by atoms with Crippen LogP contribution in [0, 0.1) is 5.82 Å². The molecule has 0 aliphatic carbocycles. The molecule has 0 heterocycles. The maximum Gasteiger partial charge on any atom is 0.407 e. The predicted octanol–water partition coefficient (Wildman–Crippen LogP) is 1.61. The molecule has 0 radical (unpaired) electrons. The van der Waals surface area contributed by atoms with Crippen molar-refractivity contribution < 1.29 is 19.0 Å². The highest BCUT2D eigenvalue weighted by atomic mass is 19.1. The van der Waals surface area contributed by atoms with E-state index in [1.807, 2.05) is 0 Å². The Bertz CT molecular complexity index is 340. The van der Waals surface area contributed by atoms with Gasteiger partial charge >= 0.3 is 6.09 Å². The summed E-state index contributed by atoms with van der Waals surface area (Å²) in [5, 5.41) is 11.0. The van der Waals surface area contributed by atoms with E-state index >= 15 is 0 Å². The number of rotatable bonds is 4. The Morgan fingerprint density at radius 3 is 2.69 bits per heavy atom. The summed E-state index contributed by atoms with van der Waals surface area (Å²) in [6, 6.07) is 5.56. The van der Waals surface area contributed by atoms with Crippen molar-refractivity contribution in [2.45, 2.75) is 13.0 Å². The number of ether oxygens (including phenoxy) is 1. The molecule has 16 heavy (non-hydrogen) atoms. The lowest BCUT2D eigenvalue weighted by atomic mass is 10.1. The molecule has 0 unspecified atom stereocenters. The highest BCUT2D eigenvalue weighted by molar-refractivity contribution is 5.67. The van der Waals surface area contributed by atoms with Gasteiger partial charge in [-0.05, 0) is 24.6 Å². The average Bonchev–Trinajstić information content (AvgIpc) is 2.27. The summed E-state index contributed by atoms with van der Waals surface area (Å²) in [4.78, 5) is 11.1. The Morgan fingerprint density at radius 1 is 1.50 bits per heavy atom. The first-order valence-electron chi connectivity index (χ1n) is 4.93. The zero-order valence-electron chi connectivity index (χ0n) is 8.94. The van der Waals surface area contributed by atoms with E-state index in [1.54, 1.807) is 19.1 Å². The van der Waals surface area contributed by atoms with E-state index in [9.17, 15) is 9.18 Å². The summed E-state index contributed by atoms with van der Waals surface area (Å²) in [6.45, 7) is 1.51. The molecule has 0 saturated heterocycles. The first-order valence-corrected chi connectivity index (χ1v) is 4.93. The SMILES string of the molecule is C[C@H](NC(=O)OCCO)c1ccc(F)cc1. The zero-order valence-corrected chi connectivity index (χ0v) is 8.94. The van der Waals surface area contributed by atoms with Crippen LogP contribution in [-0.4, -0.2) is 24.4 Å². The van der Waals surface area contributed by atoms with Crippen LogP contribution in [-0.2, 0) is 4.74 Å². The van der Waals surface area contributed by atoms with E-state index in [-0.39, 0.29) is 25.1 Å². The van der Waals surface area contributed by atoms with Crippen molar-refractivity contribution in [2.24, 2.45) is 0 Å². The van der Waals surface area contributed by atoms with Crippen LogP contribution in [0.3, 0.4) is 0 Å². The van der Waals surface area contributed by atoms with Crippen LogP contribution in [0.5, 0.6) is 0 Å². The van der Waals surface area contributed by atoms with Crippen LogP contribution < -0.4 is 5.32 Å². The van der Waals surface area contributed by atoms with Gasteiger partial charge in [0, 0.05) is 0 Å². The second kappa shape index (κ2) is 6.07. The number of hydrogen-bond acceptors (Lipinski definition) is 3. The lowest BCUT2D eigenvalue weighted by Gasteiger charge is -2.13. The van der Waals surface area contributed by atoms with Gasteiger partial charge in [-0.3, -0.25) is 0 Å². The zero-order chi connectivity index (χ0) is 12.0. The monoisotopic (exact) mass is 227 g/mol. The number of hydrogen-bond donors (Lipinski definition) is 2. The molecule has 5 heteroatoms. The predicted molar refractivity (Wildman–Crippen MR) is 56.4 cm³/mol. The fraction of sp³-hybridized carbons (Fsp3) is 0.364. The van der Waals surface area contributed by atoms with E-state index in [2.05, 4.69) is 10.1 Å². The lowest BCUT2D eigenvalue weighted by molar-refractivity contribution is 0.116. The van der Waals surface area contributed by atoms with Crippen LogP contribution in [0.4, 0.5) is 9.18 Å². The third-order valence-corrected chi connectivity index (χ3v) is 2.03. The van der Waals surface area contributed by atoms with Gasteiger partial charge in [-0.15, -0.1) is 0 Å². The lowest BCUT2D eigenvalue weighted by Crippen LogP contribution is -2.28. The number of benzene rings is 1. The Balaban J connectivity index is 2.48. The summed E-state index contributed by atoms with van der Waals surface area (Å²) in [5.41, 5.74) is 0.780. The highest BCUT2D eigenvalue weighted by Gasteiger charge is 2.09. The summed E-state index contributed by atoms with van der Waals surface area (Å²) >= 11 is 0. The number of carbonyl (C=O) groups excluding carboxylic acids is 1. The molecular weight excluding hydrogens is 213 g/mol. The van der Waals surface area contributed by atoms with Crippen molar-refractivity contribution >= 4 is 6.09 Å². The molecule has 0 saturated carbocycles. The largest absolute Gasteiger partial charge is 0.447 e. The van der Waals surface area contributed by atoms with Gasteiger partial charge in [0.1, 0.15) is 12.4 Å². The minimum Gasteiger partial charge on any atom is -0.447 e. The first-order chi connectivity index (χ1) is 7.63. The van der Waals surface area contributed by atoms with Crippen molar-refractivity contribution in [3.63, 3.8) is 0 Å². The summed E-state index contributed by atoms with van der Waals surface area (Å²) in [6.07, 6.45) is -0.606. The Labute approximate surface area is 93.0 Å². The molecule has 0 fully saturated rings. The molecule has 2 N–H and O–H groups in total. The average molecular weight is 227 g/mol. The van der Waals surface area contributed by atoms with Crippen LogP contribution >= 0.6 is 0 Å². The summed E-state index contributed by atoms with van der Waals surface area (Å²) in [5.74, 6) is -0.321. The minimum atomic E-state index is -0.606. The van der Waals surface area contributed by atoms with Gasteiger partial charge in [-0.1, -0.05) is 12.1 Å². The maximum atomic E-state index is 12.6. The molecule has 0 bridgehead atoms. The van der Waals surface area contributed by atoms with Crippen molar-refractivity contribution in [1.29, 1.82) is 0 Å². The topological polar surface area (TPSA) is 58.6 Å². The van der Waals surface area contributed by atoms with Crippen molar-refractivity contribution in [2.75, 3.05) is 13.2 Å². The van der Waals surface area contributed by atoms with Gasteiger partial charge in [0.2, 0.25) is 0 Å². The van der Waals surface area contributed by atoms with E-state index < -0.39 is 6.09 Å². The van der Waals surface area contributed by atoms with Gasteiger partial charge in [0.05, 0.1) is 12.6 Å². The smallest absolute Gasteiger partial charge is 0.407 e. The number of aliphatic hydroxyl groups excluding tert-OH is 1. The molecule has 1 amide bonds. The first kappa shape index (κ1) is 12.4. The van der Waals surface area contributed by atoms with Crippen LogP contribution in [0.25, 0.3) is 0 Å². The Hall–Kier alpha value is -1.62. The number of alkyl carbamates (subject to hydrolysis) is 1. The second-order valence-electron chi connectivity index (χ2n) is 3.28. The normalized spacial score (nSPS) is 11.9. The second-order valence-corrected chi connectivity index (χ2v) is 3.28. The van der Waals surface area contributed by atoms with Gasteiger partial charge in [-0.25, -0.2) is 9.18 Å². The summed E-state index contributed by atoms with van der Waals surface area (Å²) < 4.78 is 17.3. The molecule has 0 aromatic heterocycles. The molecule has 88 valence electrons. The number of nitrogens with one attached hydrogen (secondary N) is 1. The molecule has 0 aliphatic heterocycles. The van der Waals surface area contributed by atoms with E-state index in [1.165, 1.54) is 12.1 Å². The van der Waals surface area contributed by atoms with Gasteiger partial charge in [0.15, 0.2) is 0 Å². The van der Waals surface area contributed by atoms with Crippen molar-refractivity contribution in [1.82, 2.24) is 5.32 Å². The molecule has 1 aromatic carbocycles. The molecule has 0 spiro atoms.